The standard InChI is InChI=1S/C28H22Se2/c1-5-13-22(14-6-1)28(23-15-7-2-8-16-23)21-26(29-24-17-9-3-10-18-24)27(28)30-25-19-11-4-12-20-25/h1-20H,21H2. The minimum absolute atomic E-state index is 0.00419. The number of allylic oxidation sites excluding steroid dienone is 2. The zero-order valence-corrected chi connectivity index (χ0v) is 20.0. The van der Waals surface area contributed by atoms with Crippen molar-refractivity contribution < 1.29 is 0 Å². The van der Waals surface area contributed by atoms with Gasteiger partial charge >= 0.3 is 192 Å². The Morgan fingerprint density at radius 2 is 0.867 bits per heavy atom. The van der Waals surface area contributed by atoms with Crippen LogP contribution in [0.5, 0.6) is 0 Å². The van der Waals surface area contributed by atoms with Crippen molar-refractivity contribution in [3.05, 3.63) is 141 Å². The van der Waals surface area contributed by atoms with Gasteiger partial charge in [0.1, 0.15) is 0 Å². The summed E-state index contributed by atoms with van der Waals surface area (Å²) in [5.74, 6) is 0. The Labute approximate surface area is 191 Å². The Kier molecular flexibility index (Phi) is 5.75. The summed E-state index contributed by atoms with van der Waals surface area (Å²) in [7, 11) is 0. The molecule has 0 amide bonds. The Hall–Kier alpha value is -2.34. The Morgan fingerprint density at radius 3 is 1.33 bits per heavy atom. The van der Waals surface area contributed by atoms with Crippen LogP contribution in [-0.2, 0) is 5.41 Å². The molecule has 0 N–H and O–H groups in total. The molecule has 0 unspecified atom stereocenters. The van der Waals surface area contributed by atoms with Crippen LogP contribution < -0.4 is 8.92 Å². The molecule has 4 aromatic rings. The van der Waals surface area contributed by atoms with Gasteiger partial charge in [-0.25, -0.2) is 0 Å². The molecule has 0 aliphatic heterocycles. The van der Waals surface area contributed by atoms with Crippen LogP contribution in [-0.4, -0.2) is 29.9 Å². The third-order valence-corrected chi connectivity index (χ3v) is 11.3. The third-order valence-electron chi connectivity index (χ3n) is 5.55. The van der Waals surface area contributed by atoms with Crippen molar-refractivity contribution in [1.29, 1.82) is 0 Å². The van der Waals surface area contributed by atoms with Gasteiger partial charge < -0.3 is 0 Å². The normalized spacial score (nSPS) is 14.9. The summed E-state index contributed by atoms with van der Waals surface area (Å²) < 4.78 is 6.25. The molecule has 1 aliphatic carbocycles. The maximum absolute atomic E-state index is 2.32. The number of hydrogen-bond donors (Lipinski definition) is 0. The predicted octanol–water partition coefficient (Wildman–Crippen LogP) is 4.65. The summed E-state index contributed by atoms with van der Waals surface area (Å²) in [5, 5.41) is 0. The van der Waals surface area contributed by atoms with Gasteiger partial charge in [-0.2, -0.15) is 0 Å². The van der Waals surface area contributed by atoms with E-state index >= 15 is 0 Å². The molecule has 146 valence electrons. The van der Waals surface area contributed by atoms with Crippen LogP contribution in [0.1, 0.15) is 17.5 Å². The van der Waals surface area contributed by atoms with E-state index in [0.717, 1.165) is 6.42 Å². The fraction of sp³-hybridized carbons (Fsp3) is 0.0714. The van der Waals surface area contributed by atoms with E-state index in [1.54, 1.807) is 8.94 Å². The van der Waals surface area contributed by atoms with Gasteiger partial charge in [0.25, 0.3) is 0 Å². The van der Waals surface area contributed by atoms with Crippen LogP contribution in [0.25, 0.3) is 0 Å². The van der Waals surface area contributed by atoms with Gasteiger partial charge in [0.2, 0.25) is 0 Å². The zero-order chi connectivity index (χ0) is 20.2. The molecule has 0 saturated heterocycles. The van der Waals surface area contributed by atoms with E-state index in [4.69, 9.17) is 0 Å². The Balaban J connectivity index is 1.65. The van der Waals surface area contributed by atoms with Gasteiger partial charge in [0.15, 0.2) is 0 Å². The molecular formula is C28H22Se2. The topological polar surface area (TPSA) is 0 Å². The second kappa shape index (κ2) is 8.80. The van der Waals surface area contributed by atoms with Crippen LogP contribution in [0.2, 0.25) is 0 Å². The number of benzene rings is 4. The summed E-state index contributed by atoms with van der Waals surface area (Å²) in [6.07, 6.45) is 1.12. The molecule has 0 atom stereocenters. The Bertz CT molecular complexity index is 1090. The molecule has 0 saturated carbocycles. The van der Waals surface area contributed by atoms with Crippen molar-refractivity contribution in [2.45, 2.75) is 11.8 Å². The summed E-state index contributed by atoms with van der Waals surface area (Å²) in [6.45, 7) is 0. The van der Waals surface area contributed by atoms with Gasteiger partial charge in [0, 0.05) is 0 Å². The maximum atomic E-state index is 2.32. The second-order valence-electron chi connectivity index (χ2n) is 7.40. The molecule has 5 rings (SSSR count). The van der Waals surface area contributed by atoms with Crippen molar-refractivity contribution in [1.82, 2.24) is 0 Å². The van der Waals surface area contributed by atoms with Gasteiger partial charge in [-0.15, -0.1) is 0 Å². The molecule has 4 aromatic carbocycles. The summed E-state index contributed by atoms with van der Waals surface area (Å²) >= 11 is 0.678. The first-order valence-corrected chi connectivity index (χ1v) is 13.6. The van der Waals surface area contributed by atoms with Gasteiger partial charge in [-0.3, -0.25) is 0 Å². The van der Waals surface area contributed by atoms with E-state index in [-0.39, 0.29) is 5.41 Å². The Morgan fingerprint density at radius 1 is 0.467 bits per heavy atom. The van der Waals surface area contributed by atoms with Crippen molar-refractivity contribution >= 4 is 38.8 Å². The third kappa shape index (κ3) is 3.73. The average molecular weight is 516 g/mol. The molecule has 0 bridgehead atoms. The van der Waals surface area contributed by atoms with E-state index in [2.05, 4.69) is 121 Å². The average Bonchev–Trinajstić information content (AvgIpc) is 2.82. The van der Waals surface area contributed by atoms with Gasteiger partial charge in [-0.1, -0.05) is 0 Å². The molecule has 0 aromatic heterocycles. The molecule has 0 radical (unpaired) electrons. The monoisotopic (exact) mass is 518 g/mol. The summed E-state index contributed by atoms with van der Waals surface area (Å²) in [6, 6.07) is 44.3. The van der Waals surface area contributed by atoms with Crippen molar-refractivity contribution in [2.24, 2.45) is 0 Å². The predicted molar refractivity (Wildman–Crippen MR) is 129 cm³/mol. The van der Waals surface area contributed by atoms with E-state index in [1.165, 1.54) is 20.1 Å². The van der Waals surface area contributed by atoms with E-state index < -0.39 is 0 Å². The summed E-state index contributed by atoms with van der Waals surface area (Å²) in [4.78, 5) is 0. The van der Waals surface area contributed by atoms with Crippen molar-refractivity contribution in [3.8, 4) is 0 Å². The van der Waals surface area contributed by atoms with E-state index in [1.807, 2.05) is 0 Å². The summed E-state index contributed by atoms with van der Waals surface area (Å²) in [5.41, 5.74) is 2.86. The fourth-order valence-corrected chi connectivity index (χ4v) is 9.87. The van der Waals surface area contributed by atoms with E-state index in [0.29, 0.717) is 29.9 Å². The number of hydrogen-bond acceptors (Lipinski definition) is 0. The van der Waals surface area contributed by atoms with Crippen LogP contribution in [0.3, 0.4) is 0 Å². The molecule has 1 aliphatic rings. The van der Waals surface area contributed by atoms with Crippen LogP contribution in [0.4, 0.5) is 0 Å². The van der Waals surface area contributed by atoms with Gasteiger partial charge in [-0.05, 0) is 0 Å². The molecule has 30 heavy (non-hydrogen) atoms. The first-order chi connectivity index (χ1) is 14.9. The van der Waals surface area contributed by atoms with Gasteiger partial charge in [0.05, 0.1) is 0 Å². The molecule has 0 nitrogen and oxygen atoms in total. The van der Waals surface area contributed by atoms with Crippen molar-refractivity contribution in [2.75, 3.05) is 0 Å². The zero-order valence-electron chi connectivity index (χ0n) is 16.6. The second-order valence-corrected chi connectivity index (χ2v) is 12.1. The molecule has 2 heteroatoms. The number of rotatable bonds is 6. The SMILES string of the molecule is c1ccc([Se]C2=C([Se]c3ccccc3)C(c3ccccc3)(c3ccccc3)C2)cc1. The quantitative estimate of drug-likeness (QED) is 0.328. The first-order valence-electron chi connectivity index (χ1n) is 10.2. The first kappa shape index (κ1) is 19.6. The molecule has 0 heterocycles. The van der Waals surface area contributed by atoms with Crippen LogP contribution >= 0.6 is 0 Å². The van der Waals surface area contributed by atoms with Crippen molar-refractivity contribution in [3.63, 3.8) is 0 Å². The molecule has 0 spiro atoms. The van der Waals surface area contributed by atoms with E-state index in [9.17, 15) is 0 Å². The molecule has 0 fully saturated rings. The minimum atomic E-state index is 0.00419. The van der Waals surface area contributed by atoms with Crippen LogP contribution in [0, 0.1) is 0 Å². The fourth-order valence-electron chi connectivity index (χ4n) is 4.07. The van der Waals surface area contributed by atoms with Crippen LogP contribution in [0.15, 0.2) is 130 Å². The molecular weight excluding hydrogens is 494 g/mol.